The van der Waals surface area contributed by atoms with Crippen LogP contribution in [0.4, 0.5) is 0 Å². The van der Waals surface area contributed by atoms with Crippen molar-refractivity contribution in [2.24, 2.45) is 0 Å². The molecule has 0 radical (unpaired) electrons. The molecular weight excluding hydrogens is 339 g/mol. The van der Waals surface area contributed by atoms with Crippen molar-refractivity contribution in [3.8, 4) is 23.0 Å². The minimum atomic E-state index is -4.09. The maximum Gasteiger partial charge on any atom is 0.647 e. The number of phenols is 1. The second-order valence-corrected chi connectivity index (χ2v) is 6.76. The van der Waals surface area contributed by atoms with Crippen LogP contribution in [0.3, 0.4) is 0 Å². The van der Waals surface area contributed by atoms with Gasteiger partial charge in [0.25, 0.3) is 0 Å². The molecule has 3 aromatic rings. The number of aryl methyl sites for hydroxylation is 1. The van der Waals surface area contributed by atoms with Crippen LogP contribution in [-0.4, -0.2) is 5.11 Å². The van der Waals surface area contributed by atoms with Crippen LogP contribution in [0, 0.1) is 6.92 Å². The third-order valence-electron chi connectivity index (χ3n) is 3.25. The van der Waals surface area contributed by atoms with Gasteiger partial charge in [0, 0.05) is 0 Å². The lowest BCUT2D eigenvalue weighted by molar-refractivity contribution is 0.292. The first kappa shape index (κ1) is 16.9. The number of phosphoric ester groups is 1. The highest BCUT2D eigenvalue weighted by molar-refractivity contribution is 7.49. The van der Waals surface area contributed by atoms with Gasteiger partial charge in [0.15, 0.2) is 11.5 Å². The van der Waals surface area contributed by atoms with Gasteiger partial charge in [-0.1, -0.05) is 42.5 Å². The molecule has 5 nitrogen and oxygen atoms in total. The number of hydrogen-bond donors (Lipinski definition) is 1. The SMILES string of the molecule is Cc1ccc(OP(=O)(Oc2ccccc2)Oc2ccccc2)c(O)c1. The Morgan fingerprint density at radius 1 is 0.760 bits per heavy atom. The molecule has 6 heteroatoms. The van der Waals surface area contributed by atoms with E-state index in [9.17, 15) is 9.67 Å². The van der Waals surface area contributed by atoms with Crippen molar-refractivity contribution in [1.82, 2.24) is 0 Å². The van der Waals surface area contributed by atoms with Crippen LogP contribution < -0.4 is 13.6 Å². The summed E-state index contributed by atoms with van der Waals surface area (Å²) < 4.78 is 29.6. The Hall–Kier alpha value is -2.91. The van der Waals surface area contributed by atoms with Crippen LogP contribution >= 0.6 is 7.82 Å². The first-order valence-electron chi connectivity index (χ1n) is 7.63. The number of aromatic hydroxyl groups is 1. The van der Waals surface area contributed by atoms with E-state index in [0.29, 0.717) is 11.5 Å². The normalized spacial score (nSPS) is 10.9. The molecule has 0 amide bonds. The monoisotopic (exact) mass is 356 g/mol. The number of rotatable bonds is 6. The van der Waals surface area contributed by atoms with Gasteiger partial charge in [0.1, 0.15) is 11.5 Å². The fourth-order valence-corrected chi connectivity index (χ4v) is 3.37. The van der Waals surface area contributed by atoms with E-state index in [1.165, 1.54) is 12.1 Å². The Labute approximate surface area is 146 Å². The standard InChI is InChI=1S/C19H17O5P/c1-15-12-13-19(18(20)14-15)24-25(21,22-16-8-4-2-5-9-16)23-17-10-6-3-7-11-17/h2-14,20H,1H3. The lowest BCUT2D eigenvalue weighted by Gasteiger charge is -2.20. The zero-order valence-corrected chi connectivity index (χ0v) is 14.4. The molecule has 0 saturated heterocycles. The van der Waals surface area contributed by atoms with Crippen LogP contribution in [0.1, 0.15) is 5.56 Å². The smallest absolute Gasteiger partial charge is 0.504 e. The average Bonchev–Trinajstić information content (AvgIpc) is 2.59. The second-order valence-electron chi connectivity index (χ2n) is 5.32. The zero-order chi connectivity index (χ0) is 17.7. The van der Waals surface area contributed by atoms with Gasteiger partial charge in [0.05, 0.1) is 0 Å². The summed E-state index contributed by atoms with van der Waals surface area (Å²) in [5.41, 5.74) is 0.840. The van der Waals surface area contributed by atoms with E-state index in [2.05, 4.69) is 0 Å². The third-order valence-corrected chi connectivity index (χ3v) is 4.53. The van der Waals surface area contributed by atoms with Gasteiger partial charge in [-0.2, -0.15) is 4.57 Å². The van der Waals surface area contributed by atoms with Crippen LogP contribution in [0.15, 0.2) is 78.9 Å². The van der Waals surface area contributed by atoms with E-state index in [1.54, 1.807) is 54.6 Å². The summed E-state index contributed by atoms with van der Waals surface area (Å²) in [5, 5.41) is 10.0. The van der Waals surface area contributed by atoms with Gasteiger partial charge in [0.2, 0.25) is 0 Å². The number of benzene rings is 3. The van der Waals surface area contributed by atoms with Crippen molar-refractivity contribution in [1.29, 1.82) is 0 Å². The van der Waals surface area contributed by atoms with Crippen LogP contribution in [0.2, 0.25) is 0 Å². The van der Waals surface area contributed by atoms with Gasteiger partial charge in [-0.15, -0.1) is 0 Å². The largest absolute Gasteiger partial charge is 0.647 e. The zero-order valence-electron chi connectivity index (χ0n) is 13.5. The highest BCUT2D eigenvalue weighted by atomic mass is 31.2. The van der Waals surface area contributed by atoms with E-state index in [1.807, 2.05) is 19.1 Å². The lowest BCUT2D eigenvalue weighted by atomic mass is 10.2. The van der Waals surface area contributed by atoms with Crippen molar-refractivity contribution in [2.45, 2.75) is 6.92 Å². The molecule has 0 unspecified atom stereocenters. The van der Waals surface area contributed by atoms with Crippen LogP contribution in [-0.2, 0) is 4.57 Å². The molecule has 128 valence electrons. The Balaban J connectivity index is 1.91. The molecule has 0 aromatic heterocycles. The van der Waals surface area contributed by atoms with Crippen molar-refractivity contribution in [3.63, 3.8) is 0 Å². The topological polar surface area (TPSA) is 65.0 Å². The molecule has 0 aliphatic heterocycles. The summed E-state index contributed by atoms with van der Waals surface area (Å²) in [5.74, 6) is 0.524. The van der Waals surface area contributed by atoms with Gasteiger partial charge in [-0.25, -0.2) is 0 Å². The van der Waals surface area contributed by atoms with E-state index in [-0.39, 0.29) is 11.5 Å². The van der Waals surface area contributed by atoms with Crippen molar-refractivity contribution < 1.29 is 23.2 Å². The van der Waals surface area contributed by atoms with Crippen molar-refractivity contribution in [3.05, 3.63) is 84.4 Å². The predicted octanol–water partition coefficient (Wildman–Crippen LogP) is 5.35. The first-order valence-corrected chi connectivity index (χ1v) is 9.09. The van der Waals surface area contributed by atoms with Crippen molar-refractivity contribution in [2.75, 3.05) is 0 Å². The van der Waals surface area contributed by atoms with E-state index in [0.717, 1.165) is 5.56 Å². The molecule has 25 heavy (non-hydrogen) atoms. The number of phenolic OH excluding ortho intramolecular Hbond substituents is 1. The van der Waals surface area contributed by atoms with E-state index >= 15 is 0 Å². The fraction of sp³-hybridized carbons (Fsp3) is 0.0526. The van der Waals surface area contributed by atoms with Gasteiger partial charge in [-0.3, -0.25) is 0 Å². The van der Waals surface area contributed by atoms with E-state index in [4.69, 9.17) is 13.6 Å². The molecule has 0 saturated carbocycles. The molecule has 3 aromatic carbocycles. The molecule has 0 fully saturated rings. The second kappa shape index (κ2) is 7.32. The molecule has 0 heterocycles. The first-order chi connectivity index (χ1) is 12.0. The number of hydrogen-bond acceptors (Lipinski definition) is 5. The minimum absolute atomic E-state index is 0.0146. The van der Waals surface area contributed by atoms with Gasteiger partial charge in [-0.05, 0) is 48.9 Å². The third kappa shape index (κ3) is 4.55. The molecule has 3 rings (SSSR count). The summed E-state index contributed by atoms with van der Waals surface area (Å²) in [4.78, 5) is 0. The summed E-state index contributed by atoms with van der Waals surface area (Å²) in [7, 11) is -4.09. The Bertz CT molecular complexity index is 835. The number of para-hydroxylation sites is 2. The van der Waals surface area contributed by atoms with Gasteiger partial charge >= 0.3 is 7.82 Å². The van der Waals surface area contributed by atoms with Gasteiger partial charge < -0.3 is 18.7 Å². The molecule has 0 bridgehead atoms. The quantitative estimate of drug-likeness (QED) is 0.604. The Kier molecular flexibility index (Phi) is 4.96. The van der Waals surface area contributed by atoms with Crippen molar-refractivity contribution >= 4 is 7.82 Å². The maximum absolute atomic E-state index is 13.2. The molecular formula is C19H17O5P. The molecule has 0 spiro atoms. The Morgan fingerprint density at radius 3 is 1.76 bits per heavy atom. The number of phosphoric acid groups is 1. The molecule has 0 aliphatic carbocycles. The average molecular weight is 356 g/mol. The van der Waals surface area contributed by atoms with E-state index < -0.39 is 7.82 Å². The summed E-state index contributed by atoms with van der Waals surface area (Å²) in [6, 6.07) is 21.9. The lowest BCUT2D eigenvalue weighted by Crippen LogP contribution is -2.07. The fourth-order valence-electron chi connectivity index (χ4n) is 2.10. The molecule has 0 atom stereocenters. The highest BCUT2D eigenvalue weighted by Crippen LogP contribution is 2.51. The maximum atomic E-state index is 13.2. The Morgan fingerprint density at radius 2 is 1.28 bits per heavy atom. The molecule has 0 aliphatic rings. The minimum Gasteiger partial charge on any atom is -0.504 e. The van der Waals surface area contributed by atoms with Crippen LogP contribution in [0.25, 0.3) is 0 Å². The van der Waals surface area contributed by atoms with Crippen LogP contribution in [0.5, 0.6) is 23.0 Å². The molecule has 1 N–H and O–H groups in total. The summed E-state index contributed by atoms with van der Waals surface area (Å²) >= 11 is 0. The predicted molar refractivity (Wildman–Crippen MR) is 95.2 cm³/mol. The summed E-state index contributed by atoms with van der Waals surface area (Å²) in [6.45, 7) is 1.82. The summed E-state index contributed by atoms with van der Waals surface area (Å²) in [6.07, 6.45) is 0. The highest BCUT2D eigenvalue weighted by Gasteiger charge is 2.34.